The normalized spacial score (nSPS) is 12.1. The Morgan fingerprint density at radius 3 is 2.85 bits per heavy atom. The molecule has 1 rings (SSSR count). The Morgan fingerprint density at radius 2 is 2.20 bits per heavy atom. The Morgan fingerprint density at radius 1 is 1.40 bits per heavy atom. The highest BCUT2D eigenvalue weighted by molar-refractivity contribution is 5.37. The van der Waals surface area contributed by atoms with Gasteiger partial charge in [0.15, 0.2) is 0 Å². The van der Waals surface area contributed by atoms with Gasteiger partial charge < -0.3 is 9.84 Å². The highest BCUT2D eigenvalue weighted by Crippen LogP contribution is 2.12. The van der Waals surface area contributed by atoms with Crippen molar-refractivity contribution in [1.29, 1.82) is 0 Å². The van der Waals surface area contributed by atoms with E-state index in [0.717, 1.165) is 31.7 Å². The summed E-state index contributed by atoms with van der Waals surface area (Å²) in [5, 5.41) is 8.75. The minimum Gasteiger partial charge on any atom is -0.384 e. The van der Waals surface area contributed by atoms with Crippen LogP contribution in [0.3, 0.4) is 0 Å². The SMILES string of the molecule is CCC(C)N(CCOC)Cc1cccc(C#CCO)c1. The second kappa shape index (κ2) is 9.55. The fourth-order valence-electron chi connectivity index (χ4n) is 2.05. The minimum absolute atomic E-state index is 0.100. The van der Waals surface area contributed by atoms with E-state index in [2.05, 4.69) is 42.7 Å². The van der Waals surface area contributed by atoms with E-state index < -0.39 is 0 Å². The van der Waals surface area contributed by atoms with E-state index >= 15 is 0 Å². The zero-order valence-electron chi connectivity index (χ0n) is 12.7. The van der Waals surface area contributed by atoms with Gasteiger partial charge in [0.05, 0.1) is 6.61 Å². The van der Waals surface area contributed by atoms with Crippen LogP contribution in [0.5, 0.6) is 0 Å². The summed E-state index contributed by atoms with van der Waals surface area (Å²) in [6.07, 6.45) is 1.12. The Balaban J connectivity index is 2.76. The highest BCUT2D eigenvalue weighted by atomic mass is 16.5. The predicted molar refractivity (Wildman–Crippen MR) is 82.4 cm³/mol. The van der Waals surface area contributed by atoms with E-state index in [9.17, 15) is 0 Å². The molecule has 3 nitrogen and oxygen atoms in total. The zero-order valence-corrected chi connectivity index (χ0v) is 12.7. The van der Waals surface area contributed by atoms with Gasteiger partial charge in [0.25, 0.3) is 0 Å². The van der Waals surface area contributed by atoms with E-state index in [-0.39, 0.29) is 6.61 Å². The van der Waals surface area contributed by atoms with Crippen LogP contribution < -0.4 is 0 Å². The number of benzene rings is 1. The summed E-state index contributed by atoms with van der Waals surface area (Å²) in [6.45, 7) is 6.91. The molecular weight excluding hydrogens is 250 g/mol. The second-order valence-electron chi connectivity index (χ2n) is 4.88. The summed E-state index contributed by atoms with van der Waals surface area (Å²) < 4.78 is 5.19. The van der Waals surface area contributed by atoms with E-state index in [1.54, 1.807) is 7.11 Å². The maximum absolute atomic E-state index is 8.75. The summed E-state index contributed by atoms with van der Waals surface area (Å²) in [4.78, 5) is 2.42. The molecule has 110 valence electrons. The Hall–Kier alpha value is -1.34. The Kier molecular flexibility index (Phi) is 7.98. The molecule has 20 heavy (non-hydrogen) atoms. The molecule has 1 unspecified atom stereocenters. The van der Waals surface area contributed by atoms with Gasteiger partial charge in [0.2, 0.25) is 0 Å². The summed E-state index contributed by atoms with van der Waals surface area (Å²) >= 11 is 0. The van der Waals surface area contributed by atoms with Crippen molar-refractivity contribution >= 4 is 0 Å². The van der Waals surface area contributed by atoms with Crippen LogP contribution in [0.4, 0.5) is 0 Å². The molecule has 1 N–H and O–H groups in total. The first-order valence-electron chi connectivity index (χ1n) is 7.12. The molecular formula is C17H25NO2. The van der Waals surface area contributed by atoms with Crippen LogP contribution in [0, 0.1) is 11.8 Å². The molecule has 0 radical (unpaired) electrons. The maximum atomic E-state index is 8.75. The number of nitrogens with zero attached hydrogens (tertiary/aromatic N) is 1. The Bertz CT molecular complexity index is 448. The first-order valence-corrected chi connectivity index (χ1v) is 7.12. The maximum Gasteiger partial charge on any atom is 0.104 e. The van der Waals surface area contributed by atoms with Gasteiger partial charge in [0.1, 0.15) is 6.61 Å². The molecule has 0 aliphatic rings. The standard InChI is InChI=1S/C17H25NO2/c1-4-15(2)18(10-12-20-3)14-17-8-5-7-16(13-17)9-6-11-19/h5,7-8,13,15,19H,4,10-12,14H2,1-3H3. The fraction of sp³-hybridized carbons (Fsp3) is 0.529. The molecule has 0 bridgehead atoms. The molecule has 0 aromatic heterocycles. The lowest BCUT2D eigenvalue weighted by molar-refractivity contribution is 0.118. The molecule has 0 saturated heterocycles. The molecule has 1 aromatic rings. The lowest BCUT2D eigenvalue weighted by Gasteiger charge is -2.28. The molecule has 1 aromatic carbocycles. The van der Waals surface area contributed by atoms with E-state index in [1.165, 1.54) is 5.56 Å². The average Bonchev–Trinajstić information content (AvgIpc) is 2.49. The van der Waals surface area contributed by atoms with Gasteiger partial charge in [0, 0.05) is 31.8 Å². The third-order valence-corrected chi connectivity index (χ3v) is 3.42. The number of aliphatic hydroxyl groups is 1. The van der Waals surface area contributed by atoms with Crippen molar-refractivity contribution in [2.75, 3.05) is 26.9 Å². The summed E-state index contributed by atoms with van der Waals surface area (Å²) in [6, 6.07) is 8.71. The van der Waals surface area contributed by atoms with Gasteiger partial charge in [-0.15, -0.1) is 0 Å². The van der Waals surface area contributed by atoms with Crippen molar-refractivity contribution in [1.82, 2.24) is 4.90 Å². The van der Waals surface area contributed by atoms with Gasteiger partial charge in [-0.3, -0.25) is 4.90 Å². The van der Waals surface area contributed by atoms with Crippen molar-refractivity contribution in [2.24, 2.45) is 0 Å². The van der Waals surface area contributed by atoms with Crippen molar-refractivity contribution in [3.05, 3.63) is 35.4 Å². The second-order valence-corrected chi connectivity index (χ2v) is 4.88. The van der Waals surface area contributed by atoms with E-state index in [1.807, 2.05) is 12.1 Å². The van der Waals surface area contributed by atoms with Crippen molar-refractivity contribution in [2.45, 2.75) is 32.9 Å². The minimum atomic E-state index is -0.100. The quantitative estimate of drug-likeness (QED) is 0.775. The lowest BCUT2D eigenvalue weighted by Crippen LogP contribution is -2.34. The molecule has 0 fully saturated rings. The summed E-state index contributed by atoms with van der Waals surface area (Å²) in [7, 11) is 1.74. The molecule has 0 amide bonds. The van der Waals surface area contributed by atoms with Crippen LogP contribution in [0.1, 0.15) is 31.4 Å². The molecule has 0 aliphatic carbocycles. The third-order valence-electron chi connectivity index (χ3n) is 3.42. The van der Waals surface area contributed by atoms with Gasteiger partial charge in [-0.1, -0.05) is 30.9 Å². The number of rotatable bonds is 7. The predicted octanol–water partition coefficient (Wildman–Crippen LogP) is 2.28. The van der Waals surface area contributed by atoms with E-state index in [0.29, 0.717) is 6.04 Å². The average molecular weight is 275 g/mol. The number of ether oxygens (including phenoxy) is 1. The highest BCUT2D eigenvalue weighted by Gasteiger charge is 2.12. The first-order chi connectivity index (χ1) is 9.71. The van der Waals surface area contributed by atoms with Crippen LogP contribution >= 0.6 is 0 Å². The van der Waals surface area contributed by atoms with Crippen molar-refractivity contribution < 1.29 is 9.84 Å². The molecule has 0 heterocycles. The monoisotopic (exact) mass is 275 g/mol. The van der Waals surface area contributed by atoms with Gasteiger partial charge in [-0.2, -0.15) is 0 Å². The molecule has 1 atom stereocenters. The van der Waals surface area contributed by atoms with Crippen LogP contribution in [-0.2, 0) is 11.3 Å². The van der Waals surface area contributed by atoms with Crippen LogP contribution in [0.2, 0.25) is 0 Å². The molecule has 0 spiro atoms. The lowest BCUT2D eigenvalue weighted by atomic mass is 10.1. The van der Waals surface area contributed by atoms with Gasteiger partial charge in [-0.25, -0.2) is 0 Å². The van der Waals surface area contributed by atoms with Crippen molar-refractivity contribution in [3.63, 3.8) is 0 Å². The van der Waals surface area contributed by atoms with Crippen LogP contribution in [0.25, 0.3) is 0 Å². The summed E-state index contributed by atoms with van der Waals surface area (Å²) in [5.74, 6) is 5.64. The van der Waals surface area contributed by atoms with Crippen molar-refractivity contribution in [3.8, 4) is 11.8 Å². The third kappa shape index (κ3) is 5.75. The number of hydrogen-bond acceptors (Lipinski definition) is 3. The molecule has 3 heteroatoms. The van der Waals surface area contributed by atoms with Gasteiger partial charge >= 0.3 is 0 Å². The van der Waals surface area contributed by atoms with Gasteiger partial charge in [-0.05, 0) is 31.0 Å². The number of methoxy groups -OCH3 is 1. The molecule has 0 saturated carbocycles. The number of aliphatic hydroxyl groups excluding tert-OH is 1. The first kappa shape index (κ1) is 16.7. The topological polar surface area (TPSA) is 32.7 Å². The Labute approximate surface area is 122 Å². The largest absolute Gasteiger partial charge is 0.384 e. The zero-order chi connectivity index (χ0) is 14.8. The van der Waals surface area contributed by atoms with Crippen LogP contribution in [0.15, 0.2) is 24.3 Å². The fourth-order valence-corrected chi connectivity index (χ4v) is 2.05. The molecule has 0 aliphatic heterocycles. The van der Waals surface area contributed by atoms with Crippen LogP contribution in [-0.4, -0.2) is 42.9 Å². The smallest absolute Gasteiger partial charge is 0.104 e. The van der Waals surface area contributed by atoms with E-state index in [4.69, 9.17) is 9.84 Å². The number of hydrogen-bond donors (Lipinski definition) is 1. The summed E-state index contributed by atoms with van der Waals surface area (Å²) in [5.41, 5.74) is 2.19.